The first-order chi connectivity index (χ1) is 15.3. The summed E-state index contributed by atoms with van der Waals surface area (Å²) in [4.78, 5) is 13.0. The van der Waals surface area contributed by atoms with Crippen molar-refractivity contribution in [3.63, 3.8) is 0 Å². The number of hydrogen-bond donors (Lipinski definition) is 1. The Balaban J connectivity index is 2.04. The molecular formula is C23H23ClN2O5S. The molecule has 0 unspecified atom stereocenters. The second-order valence-electron chi connectivity index (χ2n) is 6.87. The van der Waals surface area contributed by atoms with Crippen LogP contribution in [0.25, 0.3) is 0 Å². The van der Waals surface area contributed by atoms with Gasteiger partial charge in [0.1, 0.15) is 18.0 Å². The van der Waals surface area contributed by atoms with Gasteiger partial charge in [-0.25, -0.2) is 8.42 Å². The molecule has 32 heavy (non-hydrogen) atoms. The topological polar surface area (TPSA) is 84.9 Å². The maximum atomic E-state index is 13.5. The largest absolute Gasteiger partial charge is 0.497 e. The average molecular weight is 475 g/mol. The van der Waals surface area contributed by atoms with E-state index in [4.69, 9.17) is 21.1 Å². The fourth-order valence-corrected chi connectivity index (χ4v) is 4.77. The maximum absolute atomic E-state index is 13.5. The molecule has 0 heterocycles. The van der Waals surface area contributed by atoms with Crippen LogP contribution in [0.15, 0.2) is 71.6 Å². The number of nitrogens with zero attached hydrogens (tertiary/aromatic N) is 1. The summed E-state index contributed by atoms with van der Waals surface area (Å²) >= 11 is 5.98. The zero-order chi connectivity index (χ0) is 23.3. The number of sulfonamides is 1. The van der Waals surface area contributed by atoms with Crippen molar-refractivity contribution in [3.8, 4) is 11.5 Å². The van der Waals surface area contributed by atoms with Gasteiger partial charge in [-0.05, 0) is 55.0 Å². The normalized spacial score (nSPS) is 11.0. The van der Waals surface area contributed by atoms with Crippen LogP contribution >= 0.6 is 11.6 Å². The highest BCUT2D eigenvalue weighted by atomic mass is 35.5. The van der Waals surface area contributed by atoms with E-state index < -0.39 is 22.5 Å². The number of nitrogens with one attached hydrogen (secondary N) is 1. The van der Waals surface area contributed by atoms with Gasteiger partial charge in [0, 0.05) is 16.8 Å². The monoisotopic (exact) mass is 474 g/mol. The predicted octanol–water partition coefficient (Wildman–Crippen LogP) is 4.50. The number of benzene rings is 3. The zero-order valence-electron chi connectivity index (χ0n) is 17.8. The number of carbonyl (C=O) groups is 1. The molecule has 0 atom stereocenters. The molecule has 0 spiro atoms. The summed E-state index contributed by atoms with van der Waals surface area (Å²) in [5.74, 6) is 0.170. The third kappa shape index (κ3) is 5.15. The molecule has 1 amide bonds. The number of amides is 1. The first kappa shape index (κ1) is 23.4. The fraction of sp³-hybridized carbons (Fsp3) is 0.174. The molecule has 9 heteroatoms. The molecule has 1 N–H and O–H groups in total. The lowest BCUT2D eigenvalue weighted by Crippen LogP contribution is -2.38. The molecule has 0 saturated heterocycles. The van der Waals surface area contributed by atoms with E-state index in [1.807, 2.05) is 0 Å². The number of methoxy groups -OCH3 is 2. The van der Waals surface area contributed by atoms with Crippen molar-refractivity contribution < 1.29 is 22.7 Å². The number of hydrogen-bond acceptors (Lipinski definition) is 5. The smallest absolute Gasteiger partial charge is 0.264 e. The summed E-state index contributed by atoms with van der Waals surface area (Å²) in [5.41, 5.74) is 1.47. The Morgan fingerprint density at radius 3 is 2.34 bits per heavy atom. The van der Waals surface area contributed by atoms with Gasteiger partial charge in [-0.15, -0.1) is 0 Å². The molecular weight excluding hydrogens is 452 g/mol. The van der Waals surface area contributed by atoms with Gasteiger partial charge in [-0.1, -0.05) is 29.8 Å². The van der Waals surface area contributed by atoms with Gasteiger partial charge in [0.2, 0.25) is 5.91 Å². The Bertz CT molecular complexity index is 1220. The molecule has 3 rings (SSSR count). The minimum Gasteiger partial charge on any atom is -0.497 e. The molecule has 7 nitrogen and oxygen atoms in total. The molecule has 3 aromatic carbocycles. The van der Waals surface area contributed by atoms with Crippen LogP contribution in [0, 0.1) is 6.92 Å². The Morgan fingerprint density at radius 2 is 1.72 bits per heavy atom. The van der Waals surface area contributed by atoms with Crippen LogP contribution < -0.4 is 19.1 Å². The molecule has 168 valence electrons. The van der Waals surface area contributed by atoms with Crippen molar-refractivity contribution in [2.24, 2.45) is 0 Å². The summed E-state index contributed by atoms with van der Waals surface area (Å²) in [6.45, 7) is 1.31. The van der Waals surface area contributed by atoms with Crippen molar-refractivity contribution in [3.05, 3.63) is 77.3 Å². The number of carbonyl (C=O) groups excluding carboxylic acids is 1. The van der Waals surface area contributed by atoms with E-state index in [1.54, 1.807) is 55.5 Å². The number of ether oxygens (including phenoxy) is 2. The molecule has 0 aliphatic heterocycles. The summed E-state index contributed by atoms with van der Waals surface area (Å²) in [7, 11) is -1.20. The predicted molar refractivity (Wildman–Crippen MR) is 125 cm³/mol. The summed E-state index contributed by atoms with van der Waals surface area (Å²) in [6, 6.07) is 17.6. The van der Waals surface area contributed by atoms with Crippen molar-refractivity contribution in [2.45, 2.75) is 11.8 Å². The highest BCUT2D eigenvalue weighted by molar-refractivity contribution is 7.92. The van der Waals surface area contributed by atoms with Crippen LogP contribution in [-0.2, 0) is 14.8 Å². The summed E-state index contributed by atoms with van der Waals surface area (Å²) in [6.07, 6.45) is 0. The minimum absolute atomic E-state index is 0.0420. The summed E-state index contributed by atoms with van der Waals surface area (Å²) < 4.78 is 38.7. The van der Waals surface area contributed by atoms with E-state index in [1.165, 1.54) is 32.4 Å². The fourth-order valence-electron chi connectivity index (χ4n) is 3.10. The van der Waals surface area contributed by atoms with Gasteiger partial charge in [-0.3, -0.25) is 9.10 Å². The molecule has 0 aliphatic carbocycles. The zero-order valence-corrected chi connectivity index (χ0v) is 19.4. The molecule has 0 bridgehead atoms. The molecule has 0 aromatic heterocycles. The lowest BCUT2D eigenvalue weighted by molar-refractivity contribution is -0.114. The molecule has 0 radical (unpaired) electrons. The lowest BCUT2D eigenvalue weighted by Gasteiger charge is -2.26. The first-order valence-electron chi connectivity index (χ1n) is 9.62. The van der Waals surface area contributed by atoms with Gasteiger partial charge in [0.05, 0.1) is 24.8 Å². The Kier molecular flexibility index (Phi) is 7.27. The van der Waals surface area contributed by atoms with Gasteiger partial charge in [0.15, 0.2) is 0 Å². The van der Waals surface area contributed by atoms with Crippen molar-refractivity contribution in [1.82, 2.24) is 0 Å². The minimum atomic E-state index is -4.10. The van der Waals surface area contributed by atoms with E-state index in [-0.39, 0.29) is 16.3 Å². The third-order valence-corrected chi connectivity index (χ3v) is 6.74. The average Bonchev–Trinajstić information content (AvgIpc) is 2.79. The SMILES string of the molecule is COc1ccc(OC)c(N(CC(=O)Nc2ccc(Cl)cc2C)S(=O)(=O)c2ccccc2)c1. The third-order valence-electron chi connectivity index (χ3n) is 4.74. The van der Waals surface area contributed by atoms with Gasteiger partial charge < -0.3 is 14.8 Å². The van der Waals surface area contributed by atoms with Crippen LogP contribution in [0.1, 0.15) is 5.56 Å². The lowest BCUT2D eigenvalue weighted by atomic mass is 10.2. The van der Waals surface area contributed by atoms with Gasteiger partial charge in [0.25, 0.3) is 10.0 Å². The van der Waals surface area contributed by atoms with Crippen LogP contribution in [0.4, 0.5) is 11.4 Å². The molecule has 0 fully saturated rings. The quantitative estimate of drug-likeness (QED) is 0.519. The molecule has 0 aliphatic rings. The maximum Gasteiger partial charge on any atom is 0.264 e. The van der Waals surface area contributed by atoms with E-state index in [0.29, 0.717) is 16.5 Å². The Labute approximate surface area is 192 Å². The first-order valence-corrected chi connectivity index (χ1v) is 11.4. The second kappa shape index (κ2) is 9.93. The highest BCUT2D eigenvalue weighted by Crippen LogP contribution is 2.35. The van der Waals surface area contributed by atoms with Crippen molar-refractivity contribution >= 4 is 38.9 Å². The Morgan fingerprint density at radius 1 is 1.00 bits per heavy atom. The molecule has 3 aromatic rings. The number of halogens is 1. The number of rotatable bonds is 8. The van der Waals surface area contributed by atoms with E-state index in [9.17, 15) is 13.2 Å². The van der Waals surface area contributed by atoms with Gasteiger partial charge in [-0.2, -0.15) is 0 Å². The van der Waals surface area contributed by atoms with Gasteiger partial charge >= 0.3 is 0 Å². The number of aryl methyl sites for hydroxylation is 1. The number of anilines is 2. The van der Waals surface area contributed by atoms with Crippen molar-refractivity contribution in [1.29, 1.82) is 0 Å². The molecule has 0 saturated carbocycles. The van der Waals surface area contributed by atoms with Crippen molar-refractivity contribution in [2.75, 3.05) is 30.4 Å². The van der Waals surface area contributed by atoms with Crippen LogP contribution in [0.3, 0.4) is 0 Å². The van der Waals surface area contributed by atoms with E-state index in [2.05, 4.69) is 5.32 Å². The summed E-state index contributed by atoms with van der Waals surface area (Å²) in [5, 5.41) is 3.29. The van der Waals surface area contributed by atoms with Crippen LogP contribution in [0.5, 0.6) is 11.5 Å². The van der Waals surface area contributed by atoms with E-state index >= 15 is 0 Å². The highest BCUT2D eigenvalue weighted by Gasteiger charge is 2.30. The Hall–Kier alpha value is -3.23. The van der Waals surface area contributed by atoms with E-state index in [0.717, 1.165) is 9.87 Å². The second-order valence-corrected chi connectivity index (χ2v) is 9.17. The van der Waals surface area contributed by atoms with Crippen LogP contribution in [-0.4, -0.2) is 35.1 Å². The van der Waals surface area contributed by atoms with Crippen LogP contribution in [0.2, 0.25) is 5.02 Å². The standard InChI is InChI=1S/C23H23ClN2O5S/c1-16-13-17(24)9-11-20(16)25-23(27)15-26(32(28,29)19-7-5-4-6-8-19)21-14-18(30-2)10-12-22(21)31-3/h4-14H,15H2,1-3H3,(H,25,27).